The minimum absolute atomic E-state index is 0.0822. The van der Waals surface area contributed by atoms with Gasteiger partial charge < -0.3 is 14.2 Å². The van der Waals surface area contributed by atoms with Crippen LogP contribution < -0.4 is 0 Å². The van der Waals surface area contributed by atoms with E-state index < -0.39 is 6.10 Å². The second-order valence-electron chi connectivity index (χ2n) is 18.1. The Hall–Kier alpha value is -2.63. The summed E-state index contributed by atoms with van der Waals surface area (Å²) in [7, 11) is 0. The fourth-order valence-corrected chi connectivity index (χ4v) is 7.64. The van der Waals surface area contributed by atoms with Crippen molar-refractivity contribution in [3.8, 4) is 0 Å². The standard InChI is InChI=1S/C57H102O6/c1-4-7-10-13-16-19-22-25-28-29-30-33-35-38-41-44-47-50-56(59)62-53-54(63-57(60)51-48-45-42-39-36-32-27-24-21-18-15-12-9-6-3)52-61-55(58)49-46-43-40-37-34-31-26-23-20-17-14-11-8-5-2/h16,19,23-28,54H,4-15,17-18,20-22,29-53H2,1-3H3/b19-16+,26-23+,27-24+,28-25+/t54-/m1/s1. The van der Waals surface area contributed by atoms with Crippen LogP contribution in [0.15, 0.2) is 48.6 Å². The maximum Gasteiger partial charge on any atom is 0.306 e. The predicted octanol–water partition coefficient (Wildman–Crippen LogP) is 17.9. The number of rotatable bonds is 49. The van der Waals surface area contributed by atoms with Crippen LogP contribution in [-0.2, 0) is 28.6 Å². The Labute approximate surface area is 390 Å². The van der Waals surface area contributed by atoms with E-state index >= 15 is 0 Å². The summed E-state index contributed by atoms with van der Waals surface area (Å²) in [4.78, 5) is 38.0. The van der Waals surface area contributed by atoms with Crippen molar-refractivity contribution in [1.82, 2.24) is 0 Å². The first kappa shape index (κ1) is 60.4. The SMILES string of the molecule is CCCCC/C=C/C/C=C/CCCCCCCCCC(=O)OC[C@@H](COC(=O)CCCCCCC/C=C/CCCCCCC)OC(=O)CCCCCCC/C=C/CCCCCCC. The Balaban J connectivity index is 4.39. The van der Waals surface area contributed by atoms with E-state index in [1.54, 1.807) is 0 Å². The van der Waals surface area contributed by atoms with Gasteiger partial charge in [0.25, 0.3) is 0 Å². The van der Waals surface area contributed by atoms with E-state index in [1.165, 1.54) is 148 Å². The number of esters is 3. The zero-order chi connectivity index (χ0) is 45.8. The number of hydrogen-bond donors (Lipinski definition) is 0. The van der Waals surface area contributed by atoms with E-state index in [-0.39, 0.29) is 31.1 Å². The molecular weight excluding hydrogens is 781 g/mol. The first-order valence-electron chi connectivity index (χ1n) is 27.1. The van der Waals surface area contributed by atoms with Crippen LogP contribution >= 0.6 is 0 Å². The molecule has 63 heavy (non-hydrogen) atoms. The molecule has 0 aromatic carbocycles. The van der Waals surface area contributed by atoms with Crippen molar-refractivity contribution in [3.05, 3.63) is 48.6 Å². The number of hydrogen-bond acceptors (Lipinski definition) is 6. The first-order chi connectivity index (χ1) is 31.0. The van der Waals surface area contributed by atoms with Gasteiger partial charge in [0, 0.05) is 19.3 Å². The molecule has 0 aromatic rings. The molecule has 0 rings (SSSR count). The van der Waals surface area contributed by atoms with Crippen LogP contribution in [-0.4, -0.2) is 37.2 Å². The Morgan fingerprint density at radius 3 is 0.921 bits per heavy atom. The highest BCUT2D eigenvalue weighted by Gasteiger charge is 2.19. The van der Waals surface area contributed by atoms with Crippen molar-refractivity contribution in [1.29, 1.82) is 0 Å². The zero-order valence-corrected chi connectivity index (χ0v) is 41.8. The number of carbonyl (C=O) groups excluding carboxylic acids is 3. The summed E-state index contributed by atoms with van der Waals surface area (Å²) < 4.78 is 16.8. The van der Waals surface area contributed by atoms with Crippen molar-refractivity contribution in [2.45, 2.75) is 284 Å². The molecule has 6 heteroatoms. The molecule has 0 heterocycles. The van der Waals surface area contributed by atoms with Crippen LogP contribution in [0.5, 0.6) is 0 Å². The van der Waals surface area contributed by atoms with Gasteiger partial charge in [0.1, 0.15) is 13.2 Å². The maximum absolute atomic E-state index is 12.8. The summed E-state index contributed by atoms with van der Waals surface area (Å²) >= 11 is 0. The van der Waals surface area contributed by atoms with Gasteiger partial charge in [0.05, 0.1) is 0 Å². The highest BCUT2D eigenvalue weighted by atomic mass is 16.6. The van der Waals surface area contributed by atoms with E-state index in [9.17, 15) is 14.4 Å². The molecule has 0 saturated carbocycles. The van der Waals surface area contributed by atoms with Gasteiger partial charge in [-0.15, -0.1) is 0 Å². The highest BCUT2D eigenvalue weighted by Crippen LogP contribution is 2.14. The largest absolute Gasteiger partial charge is 0.462 e. The summed E-state index contributed by atoms with van der Waals surface area (Å²) in [6, 6.07) is 0. The highest BCUT2D eigenvalue weighted by molar-refractivity contribution is 5.71. The summed E-state index contributed by atoms with van der Waals surface area (Å²) in [5, 5.41) is 0. The first-order valence-corrected chi connectivity index (χ1v) is 27.1. The minimum Gasteiger partial charge on any atom is -0.462 e. The third kappa shape index (κ3) is 50.2. The Kier molecular flexibility index (Phi) is 49.8. The van der Waals surface area contributed by atoms with Gasteiger partial charge >= 0.3 is 17.9 Å². The van der Waals surface area contributed by atoms with E-state index in [4.69, 9.17) is 14.2 Å². The van der Waals surface area contributed by atoms with E-state index in [0.29, 0.717) is 19.3 Å². The van der Waals surface area contributed by atoms with Crippen molar-refractivity contribution in [2.75, 3.05) is 13.2 Å². The maximum atomic E-state index is 12.8. The zero-order valence-electron chi connectivity index (χ0n) is 41.8. The van der Waals surface area contributed by atoms with Crippen molar-refractivity contribution in [3.63, 3.8) is 0 Å². The lowest BCUT2D eigenvalue weighted by atomic mass is 10.1. The summed E-state index contributed by atoms with van der Waals surface area (Å²) in [5.41, 5.74) is 0. The van der Waals surface area contributed by atoms with Gasteiger partial charge in [-0.2, -0.15) is 0 Å². The number of unbranched alkanes of at least 4 members (excludes halogenated alkanes) is 30. The number of ether oxygens (including phenoxy) is 3. The molecule has 0 aliphatic heterocycles. The number of allylic oxidation sites excluding steroid dienone is 8. The molecule has 0 fully saturated rings. The van der Waals surface area contributed by atoms with Gasteiger partial charge in [-0.3, -0.25) is 14.4 Å². The lowest BCUT2D eigenvalue weighted by Crippen LogP contribution is -2.30. The molecule has 0 N–H and O–H groups in total. The molecule has 0 aliphatic carbocycles. The summed E-state index contributed by atoms with van der Waals surface area (Å²) in [6.07, 6.45) is 62.3. The van der Waals surface area contributed by atoms with E-state index in [0.717, 1.165) is 89.9 Å². The smallest absolute Gasteiger partial charge is 0.306 e. The molecule has 0 aliphatic rings. The second-order valence-corrected chi connectivity index (χ2v) is 18.1. The normalized spacial score (nSPS) is 12.4. The van der Waals surface area contributed by atoms with Crippen LogP contribution in [0.1, 0.15) is 278 Å². The summed E-state index contributed by atoms with van der Waals surface area (Å²) in [6.45, 7) is 6.59. The quantitative estimate of drug-likeness (QED) is 0.0262. The van der Waals surface area contributed by atoms with Gasteiger partial charge in [0.15, 0.2) is 6.10 Å². The molecular formula is C57H102O6. The van der Waals surface area contributed by atoms with E-state index in [1.807, 2.05) is 0 Å². The molecule has 0 unspecified atom stereocenters. The van der Waals surface area contributed by atoms with E-state index in [2.05, 4.69) is 69.4 Å². The predicted molar refractivity (Wildman–Crippen MR) is 270 cm³/mol. The minimum atomic E-state index is -0.782. The van der Waals surface area contributed by atoms with Crippen LogP contribution in [0.4, 0.5) is 0 Å². The van der Waals surface area contributed by atoms with Crippen LogP contribution in [0.25, 0.3) is 0 Å². The van der Waals surface area contributed by atoms with Crippen molar-refractivity contribution in [2.24, 2.45) is 0 Å². The number of carbonyl (C=O) groups is 3. The fourth-order valence-electron chi connectivity index (χ4n) is 7.64. The molecule has 0 aromatic heterocycles. The summed E-state index contributed by atoms with van der Waals surface area (Å²) in [5.74, 6) is -0.898. The monoisotopic (exact) mass is 883 g/mol. The molecule has 0 saturated heterocycles. The average Bonchev–Trinajstić information content (AvgIpc) is 3.28. The fraction of sp³-hybridized carbons (Fsp3) is 0.807. The Morgan fingerprint density at radius 1 is 0.317 bits per heavy atom. The third-order valence-electron chi connectivity index (χ3n) is 11.8. The lowest BCUT2D eigenvalue weighted by Gasteiger charge is -2.18. The van der Waals surface area contributed by atoms with Gasteiger partial charge in [-0.1, -0.05) is 204 Å². The molecule has 0 spiro atoms. The molecule has 1 atom stereocenters. The lowest BCUT2D eigenvalue weighted by molar-refractivity contribution is -0.167. The average molecular weight is 883 g/mol. The third-order valence-corrected chi connectivity index (χ3v) is 11.8. The molecule has 0 bridgehead atoms. The van der Waals surface area contributed by atoms with Crippen LogP contribution in [0.2, 0.25) is 0 Å². The van der Waals surface area contributed by atoms with Crippen molar-refractivity contribution < 1.29 is 28.6 Å². The topological polar surface area (TPSA) is 78.9 Å². The van der Waals surface area contributed by atoms with Crippen molar-refractivity contribution >= 4 is 17.9 Å². The van der Waals surface area contributed by atoms with Gasteiger partial charge in [-0.05, 0) is 103 Å². The molecule has 366 valence electrons. The second kappa shape index (κ2) is 52.0. The van der Waals surface area contributed by atoms with Crippen LogP contribution in [0.3, 0.4) is 0 Å². The molecule has 0 radical (unpaired) electrons. The van der Waals surface area contributed by atoms with Crippen LogP contribution in [0, 0.1) is 0 Å². The molecule has 6 nitrogen and oxygen atoms in total. The Bertz CT molecular complexity index is 1110. The molecule has 0 amide bonds. The Morgan fingerprint density at radius 2 is 0.571 bits per heavy atom. The van der Waals surface area contributed by atoms with Gasteiger partial charge in [0.2, 0.25) is 0 Å². The van der Waals surface area contributed by atoms with Gasteiger partial charge in [-0.25, -0.2) is 0 Å².